The van der Waals surface area contributed by atoms with E-state index in [-0.39, 0.29) is 0 Å². The van der Waals surface area contributed by atoms with Crippen molar-refractivity contribution < 1.29 is 0 Å². The predicted molar refractivity (Wildman–Crippen MR) is 70.4 cm³/mol. The SMILES string of the molecule is CC(C)CCCC(C)NCc1ccn(C)c1. The van der Waals surface area contributed by atoms with Crippen molar-refractivity contribution >= 4 is 0 Å². The zero-order valence-corrected chi connectivity index (χ0v) is 11.2. The molecule has 0 radical (unpaired) electrons. The summed E-state index contributed by atoms with van der Waals surface area (Å²) in [6, 6.07) is 2.80. The molecule has 92 valence electrons. The fraction of sp³-hybridized carbons (Fsp3) is 0.714. The van der Waals surface area contributed by atoms with Gasteiger partial charge in [-0.2, -0.15) is 0 Å². The summed E-state index contributed by atoms with van der Waals surface area (Å²) in [5.41, 5.74) is 1.37. The smallest absolute Gasteiger partial charge is 0.0223 e. The van der Waals surface area contributed by atoms with Crippen molar-refractivity contribution in [3.8, 4) is 0 Å². The molecule has 1 rings (SSSR count). The van der Waals surface area contributed by atoms with Crippen LogP contribution in [0, 0.1) is 5.92 Å². The van der Waals surface area contributed by atoms with Crippen LogP contribution >= 0.6 is 0 Å². The van der Waals surface area contributed by atoms with Crippen LogP contribution in [0.3, 0.4) is 0 Å². The topological polar surface area (TPSA) is 17.0 Å². The highest BCUT2D eigenvalue weighted by atomic mass is 14.9. The molecular weight excluding hydrogens is 196 g/mol. The van der Waals surface area contributed by atoms with E-state index >= 15 is 0 Å². The molecule has 0 spiro atoms. The van der Waals surface area contributed by atoms with Crippen LogP contribution in [0.2, 0.25) is 0 Å². The van der Waals surface area contributed by atoms with Crippen LogP contribution in [0.5, 0.6) is 0 Å². The van der Waals surface area contributed by atoms with E-state index in [9.17, 15) is 0 Å². The molecule has 0 aliphatic carbocycles. The summed E-state index contributed by atoms with van der Waals surface area (Å²) in [5, 5.41) is 3.57. The molecule has 1 N–H and O–H groups in total. The third-order valence-corrected chi connectivity index (χ3v) is 2.97. The highest BCUT2D eigenvalue weighted by molar-refractivity contribution is 5.09. The molecule has 0 aromatic carbocycles. The number of nitrogens with one attached hydrogen (secondary N) is 1. The van der Waals surface area contributed by atoms with E-state index in [2.05, 4.69) is 56.2 Å². The summed E-state index contributed by atoms with van der Waals surface area (Å²) >= 11 is 0. The lowest BCUT2D eigenvalue weighted by Gasteiger charge is -2.13. The van der Waals surface area contributed by atoms with Gasteiger partial charge >= 0.3 is 0 Å². The minimum absolute atomic E-state index is 0.624. The van der Waals surface area contributed by atoms with Crippen LogP contribution in [0.4, 0.5) is 0 Å². The van der Waals surface area contributed by atoms with Crippen molar-refractivity contribution in [3.05, 3.63) is 24.0 Å². The Hall–Kier alpha value is -0.760. The van der Waals surface area contributed by atoms with Gasteiger partial charge in [-0.15, -0.1) is 0 Å². The van der Waals surface area contributed by atoms with Gasteiger partial charge < -0.3 is 9.88 Å². The normalized spacial score (nSPS) is 13.3. The maximum Gasteiger partial charge on any atom is 0.0223 e. The van der Waals surface area contributed by atoms with Crippen molar-refractivity contribution in [3.63, 3.8) is 0 Å². The van der Waals surface area contributed by atoms with E-state index in [0.29, 0.717) is 6.04 Å². The molecule has 1 atom stereocenters. The second-order valence-corrected chi connectivity index (χ2v) is 5.29. The second-order valence-electron chi connectivity index (χ2n) is 5.29. The Kier molecular flexibility index (Phi) is 5.61. The fourth-order valence-electron chi connectivity index (χ4n) is 1.89. The van der Waals surface area contributed by atoms with Gasteiger partial charge in [-0.25, -0.2) is 0 Å². The van der Waals surface area contributed by atoms with Gasteiger partial charge in [0, 0.05) is 32.0 Å². The molecule has 1 unspecified atom stereocenters. The van der Waals surface area contributed by atoms with Crippen LogP contribution in [0.25, 0.3) is 0 Å². The van der Waals surface area contributed by atoms with Gasteiger partial charge in [0.1, 0.15) is 0 Å². The third-order valence-electron chi connectivity index (χ3n) is 2.97. The quantitative estimate of drug-likeness (QED) is 0.749. The van der Waals surface area contributed by atoms with Crippen molar-refractivity contribution in [1.82, 2.24) is 9.88 Å². The number of aromatic nitrogens is 1. The Bertz CT molecular complexity index is 289. The lowest BCUT2D eigenvalue weighted by atomic mass is 10.0. The molecule has 1 heterocycles. The van der Waals surface area contributed by atoms with Gasteiger partial charge in [-0.3, -0.25) is 0 Å². The zero-order chi connectivity index (χ0) is 12.0. The lowest BCUT2D eigenvalue weighted by molar-refractivity contribution is 0.457. The summed E-state index contributed by atoms with van der Waals surface area (Å²) in [4.78, 5) is 0. The van der Waals surface area contributed by atoms with Crippen LogP contribution in [-0.2, 0) is 13.6 Å². The number of aryl methyl sites for hydroxylation is 1. The number of nitrogens with zero attached hydrogens (tertiary/aromatic N) is 1. The average molecular weight is 222 g/mol. The van der Waals surface area contributed by atoms with Crippen molar-refractivity contribution in [1.29, 1.82) is 0 Å². The van der Waals surface area contributed by atoms with Gasteiger partial charge in [0.15, 0.2) is 0 Å². The summed E-state index contributed by atoms with van der Waals surface area (Å²) in [6.07, 6.45) is 8.23. The first-order valence-electron chi connectivity index (χ1n) is 6.42. The van der Waals surface area contributed by atoms with Crippen molar-refractivity contribution in [2.45, 2.75) is 52.6 Å². The molecule has 0 amide bonds. The summed E-state index contributed by atoms with van der Waals surface area (Å²) in [6.45, 7) is 7.86. The van der Waals surface area contributed by atoms with Crippen LogP contribution in [-0.4, -0.2) is 10.6 Å². The highest BCUT2D eigenvalue weighted by Crippen LogP contribution is 2.08. The fourth-order valence-corrected chi connectivity index (χ4v) is 1.89. The van der Waals surface area contributed by atoms with E-state index in [4.69, 9.17) is 0 Å². The Morgan fingerprint density at radius 2 is 2.00 bits per heavy atom. The van der Waals surface area contributed by atoms with Gasteiger partial charge in [-0.1, -0.05) is 26.7 Å². The maximum absolute atomic E-state index is 3.57. The van der Waals surface area contributed by atoms with Crippen LogP contribution in [0.1, 0.15) is 45.6 Å². The molecule has 0 bridgehead atoms. The largest absolute Gasteiger partial charge is 0.357 e. The molecule has 0 saturated heterocycles. The highest BCUT2D eigenvalue weighted by Gasteiger charge is 2.03. The first-order chi connectivity index (χ1) is 7.58. The van der Waals surface area contributed by atoms with Crippen molar-refractivity contribution in [2.24, 2.45) is 13.0 Å². The number of hydrogen-bond acceptors (Lipinski definition) is 1. The molecule has 0 aliphatic heterocycles. The molecular formula is C14H26N2. The van der Waals surface area contributed by atoms with Crippen LogP contribution < -0.4 is 5.32 Å². The van der Waals surface area contributed by atoms with E-state index in [1.807, 2.05) is 0 Å². The molecule has 2 nitrogen and oxygen atoms in total. The van der Waals surface area contributed by atoms with E-state index in [1.54, 1.807) is 0 Å². The maximum atomic E-state index is 3.57. The third kappa shape index (κ3) is 5.36. The number of rotatable bonds is 7. The summed E-state index contributed by atoms with van der Waals surface area (Å²) < 4.78 is 2.10. The monoisotopic (exact) mass is 222 g/mol. The first kappa shape index (κ1) is 13.3. The van der Waals surface area contributed by atoms with Gasteiger partial charge in [-0.05, 0) is 30.9 Å². The van der Waals surface area contributed by atoms with Gasteiger partial charge in [0.25, 0.3) is 0 Å². The Morgan fingerprint density at radius 1 is 1.25 bits per heavy atom. The zero-order valence-electron chi connectivity index (χ0n) is 11.2. The Morgan fingerprint density at radius 3 is 2.56 bits per heavy atom. The van der Waals surface area contributed by atoms with E-state index in [1.165, 1.54) is 24.8 Å². The second kappa shape index (κ2) is 6.74. The Labute approximate surface area is 100 Å². The van der Waals surface area contributed by atoms with Gasteiger partial charge in [0.2, 0.25) is 0 Å². The van der Waals surface area contributed by atoms with Gasteiger partial charge in [0.05, 0.1) is 0 Å². The number of hydrogen-bond donors (Lipinski definition) is 1. The minimum atomic E-state index is 0.624. The molecule has 0 saturated carbocycles. The molecule has 0 fully saturated rings. The Balaban J connectivity index is 2.12. The minimum Gasteiger partial charge on any atom is -0.357 e. The lowest BCUT2D eigenvalue weighted by Crippen LogP contribution is -2.25. The van der Waals surface area contributed by atoms with Crippen molar-refractivity contribution in [2.75, 3.05) is 0 Å². The summed E-state index contributed by atoms with van der Waals surface area (Å²) in [5.74, 6) is 0.835. The first-order valence-corrected chi connectivity index (χ1v) is 6.42. The summed E-state index contributed by atoms with van der Waals surface area (Å²) in [7, 11) is 2.07. The predicted octanol–water partition coefficient (Wildman–Crippen LogP) is 3.33. The van der Waals surface area contributed by atoms with E-state index < -0.39 is 0 Å². The molecule has 16 heavy (non-hydrogen) atoms. The molecule has 1 aromatic rings. The standard InChI is InChI=1S/C14H26N2/c1-12(2)6-5-7-13(3)15-10-14-8-9-16(4)11-14/h8-9,11-13,15H,5-7,10H2,1-4H3. The molecule has 1 aromatic heterocycles. The van der Waals surface area contributed by atoms with Crippen LogP contribution in [0.15, 0.2) is 18.5 Å². The van der Waals surface area contributed by atoms with E-state index in [0.717, 1.165) is 12.5 Å². The molecule has 0 aliphatic rings. The molecule has 2 heteroatoms. The average Bonchev–Trinajstić information content (AvgIpc) is 2.61.